The number of furan rings is 1. The highest BCUT2D eigenvalue weighted by Crippen LogP contribution is 2.26. The van der Waals surface area contributed by atoms with Gasteiger partial charge in [0.15, 0.2) is 0 Å². The molecule has 0 unspecified atom stereocenters. The second-order valence-corrected chi connectivity index (χ2v) is 6.61. The molecule has 0 radical (unpaired) electrons. The molecule has 3 aromatic rings. The predicted molar refractivity (Wildman–Crippen MR) is 110 cm³/mol. The quantitative estimate of drug-likeness (QED) is 0.551. The zero-order valence-corrected chi connectivity index (χ0v) is 16.8. The number of benzene rings is 2. The second-order valence-electron chi connectivity index (χ2n) is 6.61. The Morgan fingerprint density at radius 3 is 2.20 bits per heavy atom. The third-order valence-corrected chi connectivity index (χ3v) is 4.54. The number of aliphatic hydroxyl groups is 1. The normalized spacial score (nSPS) is 11.7. The van der Waals surface area contributed by atoms with Gasteiger partial charge in [0.05, 0.1) is 38.0 Å². The number of methoxy groups -OCH3 is 2. The summed E-state index contributed by atoms with van der Waals surface area (Å²) in [6.45, 7) is 0.773. The first-order valence-electron chi connectivity index (χ1n) is 9.36. The summed E-state index contributed by atoms with van der Waals surface area (Å²) in [7, 11) is 2.54. The summed E-state index contributed by atoms with van der Waals surface area (Å²) in [5, 5.41) is 13.4. The van der Waals surface area contributed by atoms with Crippen LogP contribution in [0.15, 0.2) is 65.1 Å². The average molecular weight is 409 g/mol. The zero-order chi connectivity index (χ0) is 21.5. The fraction of sp³-hybridized carbons (Fsp3) is 0.217. The van der Waals surface area contributed by atoms with Crippen LogP contribution in [0.4, 0.5) is 0 Å². The summed E-state index contributed by atoms with van der Waals surface area (Å²) in [6.07, 6.45) is -0.625. The van der Waals surface area contributed by atoms with Crippen LogP contribution < -0.4 is 5.32 Å². The van der Waals surface area contributed by atoms with Gasteiger partial charge in [-0.1, -0.05) is 30.3 Å². The zero-order valence-electron chi connectivity index (χ0n) is 16.8. The molecule has 0 fully saturated rings. The topological polar surface area (TPSA) is 98.0 Å². The first-order valence-corrected chi connectivity index (χ1v) is 9.36. The molecule has 156 valence electrons. The van der Waals surface area contributed by atoms with Gasteiger partial charge in [-0.2, -0.15) is 0 Å². The van der Waals surface area contributed by atoms with E-state index in [9.17, 15) is 14.7 Å². The van der Waals surface area contributed by atoms with Crippen molar-refractivity contribution in [1.29, 1.82) is 0 Å². The monoisotopic (exact) mass is 409 g/mol. The van der Waals surface area contributed by atoms with E-state index in [0.29, 0.717) is 30.2 Å². The molecule has 1 aromatic heterocycles. The maximum Gasteiger partial charge on any atom is 0.337 e. The smallest absolute Gasteiger partial charge is 0.337 e. The van der Waals surface area contributed by atoms with E-state index in [1.54, 1.807) is 24.3 Å². The Kier molecular flexibility index (Phi) is 7.00. The first-order chi connectivity index (χ1) is 14.5. The molecule has 0 aliphatic carbocycles. The van der Waals surface area contributed by atoms with Gasteiger partial charge in [0.1, 0.15) is 11.5 Å². The van der Waals surface area contributed by atoms with E-state index in [-0.39, 0.29) is 11.1 Å². The van der Waals surface area contributed by atoms with Gasteiger partial charge in [-0.05, 0) is 35.9 Å². The summed E-state index contributed by atoms with van der Waals surface area (Å²) in [4.78, 5) is 23.9. The molecule has 1 heterocycles. The van der Waals surface area contributed by atoms with Gasteiger partial charge >= 0.3 is 11.9 Å². The number of hydrogen-bond acceptors (Lipinski definition) is 7. The Morgan fingerprint density at radius 1 is 0.967 bits per heavy atom. The van der Waals surface area contributed by atoms with Crippen molar-refractivity contribution < 1.29 is 28.6 Å². The van der Waals surface area contributed by atoms with Crippen molar-refractivity contribution in [2.45, 2.75) is 12.6 Å². The summed E-state index contributed by atoms with van der Waals surface area (Å²) in [5.41, 5.74) is 1.82. The van der Waals surface area contributed by atoms with Gasteiger partial charge < -0.3 is 24.3 Å². The van der Waals surface area contributed by atoms with E-state index >= 15 is 0 Å². The number of hydrogen-bond donors (Lipinski definition) is 2. The lowest BCUT2D eigenvalue weighted by molar-refractivity contribution is 0.0599. The van der Waals surface area contributed by atoms with Crippen LogP contribution in [0.1, 0.15) is 38.1 Å². The lowest BCUT2D eigenvalue weighted by Crippen LogP contribution is -2.20. The molecule has 2 N–H and O–H groups in total. The largest absolute Gasteiger partial charge is 0.465 e. The summed E-state index contributed by atoms with van der Waals surface area (Å²) in [6, 6.07) is 17.5. The number of rotatable bonds is 8. The standard InChI is InChI=1S/C23H23NO6/c1-28-22(26)17-10-16(11-18(12-17)23(27)29-2)21-9-8-19(30-21)13-24-14-20(25)15-6-4-3-5-7-15/h3-12,20,24-25H,13-14H2,1-2H3/t20-/m1/s1. The number of aliphatic hydroxyl groups excluding tert-OH is 1. The van der Waals surface area contributed by atoms with Crippen molar-refractivity contribution in [3.05, 3.63) is 83.1 Å². The SMILES string of the molecule is COC(=O)c1cc(C(=O)OC)cc(-c2ccc(CNC[C@@H](O)c3ccccc3)o2)c1. The fourth-order valence-corrected chi connectivity index (χ4v) is 2.99. The van der Waals surface area contributed by atoms with Crippen LogP contribution in [0.3, 0.4) is 0 Å². The van der Waals surface area contributed by atoms with Crippen molar-refractivity contribution in [3.8, 4) is 11.3 Å². The minimum absolute atomic E-state index is 0.220. The molecule has 0 aliphatic heterocycles. The van der Waals surface area contributed by atoms with Gasteiger partial charge in [-0.25, -0.2) is 9.59 Å². The summed E-state index contributed by atoms with van der Waals surface area (Å²) in [5.74, 6) is 0.00960. The van der Waals surface area contributed by atoms with Crippen molar-refractivity contribution in [3.63, 3.8) is 0 Å². The second kappa shape index (κ2) is 9.87. The molecule has 0 saturated heterocycles. The van der Waals surface area contributed by atoms with Crippen molar-refractivity contribution in [1.82, 2.24) is 5.32 Å². The van der Waals surface area contributed by atoms with E-state index in [2.05, 4.69) is 5.32 Å². The highest BCUT2D eigenvalue weighted by molar-refractivity contribution is 5.97. The molecule has 30 heavy (non-hydrogen) atoms. The molecular weight excluding hydrogens is 386 g/mol. The van der Waals surface area contributed by atoms with Crippen molar-refractivity contribution in [2.24, 2.45) is 0 Å². The number of carbonyl (C=O) groups excluding carboxylic acids is 2. The van der Waals surface area contributed by atoms with Crippen LogP contribution in [-0.2, 0) is 16.0 Å². The van der Waals surface area contributed by atoms with E-state index < -0.39 is 18.0 Å². The van der Waals surface area contributed by atoms with E-state index in [0.717, 1.165) is 5.56 Å². The highest BCUT2D eigenvalue weighted by atomic mass is 16.5. The van der Waals surface area contributed by atoms with Crippen LogP contribution in [0.25, 0.3) is 11.3 Å². The lowest BCUT2D eigenvalue weighted by atomic mass is 10.0. The van der Waals surface area contributed by atoms with Crippen molar-refractivity contribution in [2.75, 3.05) is 20.8 Å². The maximum absolute atomic E-state index is 11.9. The van der Waals surface area contributed by atoms with Gasteiger partial charge in [0.2, 0.25) is 0 Å². The van der Waals surface area contributed by atoms with Gasteiger partial charge in [0.25, 0.3) is 0 Å². The Labute approximate surface area is 174 Å². The van der Waals surface area contributed by atoms with Gasteiger partial charge in [0, 0.05) is 12.1 Å². The Bertz CT molecular complexity index is 977. The molecule has 0 bridgehead atoms. The van der Waals surface area contributed by atoms with Crippen LogP contribution in [0.2, 0.25) is 0 Å². The molecule has 0 amide bonds. The third-order valence-electron chi connectivity index (χ3n) is 4.54. The Hall–Kier alpha value is -3.42. The minimum Gasteiger partial charge on any atom is -0.465 e. The molecule has 2 aromatic carbocycles. The molecule has 7 heteroatoms. The number of nitrogens with one attached hydrogen (secondary N) is 1. The first kappa shape index (κ1) is 21.3. The predicted octanol–water partition coefficient (Wildman–Crippen LogP) is 3.34. The van der Waals surface area contributed by atoms with Crippen LogP contribution >= 0.6 is 0 Å². The number of esters is 2. The summed E-state index contributed by atoms with van der Waals surface area (Å²) < 4.78 is 15.4. The van der Waals surface area contributed by atoms with E-state index in [1.807, 2.05) is 30.3 Å². The number of ether oxygens (including phenoxy) is 2. The lowest BCUT2D eigenvalue weighted by Gasteiger charge is -2.11. The summed E-state index contributed by atoms with van der Waals surface area (Å²) >= 11 is 0. The van der Waals surface area contributed by atoms with Crippen LogP contribution in [-0.4, -0.2) is 37.8 Å². The molecule has 0 aliphatic rings. The molecule has 3 rings (SSSR count). The highest BCUT2D eigenvalue weighted by Gasteiger charge is 2.16. The molecule has 7 nitrogen and oxygen atoms in total. The molecule has 0 saturated carbocycles. The van der Waals surface area contributed by atoms with Gasteiger partial charge in [-0.15, -0.1) is 0 Å². The maximum atomic E-state index is 11.9. The minimum atomic E-state index is -0.625. The molecular formula is C23H23NO6. The van der Waals surface area contributed by atoms with Crippen molar-refractivity contribution >= 4 is 11.9 Å². The molecule has 1 atom stereocenters. The van der Waals surface area contributed by atoms with Crippen LogP contribution in [0.5, 0.6) is 0 Å². The van der Waals surface area contributed by atoms with E-state index in [4.69, 9.17) is 13.9 Å². The third kappa shape index (κ3) is 5.14. The van der Waals surface area contributed by atoms with Crippen LogP contribution in [0, 0.1) is 0 Å². The molecule has 0 spiro atoms. The van der Waals surface area contributed by atoms with E-state index in [1.165, 1.54) is 20.3 Å². The fourth-order valence-electron chi connectivity index (χ4n) is 2.99. The average Bonchev–Trinajstić information content (AvgIpc) is 3.27. The Morgan fingerprint density at radius 2 is 1.60 bits per heavy atom. The Balaban J connectivity index is 1.72. The number of carbonyl (C=O) groups is 2. The van der Waals surface area contributed by atoms with Gasteiger partial charge in [-0.3, -0.25) is 0 Å².